The third-order valence-corrected chi connectivity index (χ3v) is 4.22. The van der Waals surface area contributed by atoms with Crippen LogP contribution in [0, 0.1) is 5.92 Å². The molecule has 1 aliphatic heterocycles. The average molecular weight is 372 g/mol. The Labute approximate surface area is 139 Å². The van der Waals surface area contributed by atoms with Crippen LogP contribution in [0.4, 0.5) is 0 Å². The summed E-state index contributed by atoms with van der Waals surface area (Å²) in [5.74, 6) is -0.124. The van der Waals surface area contributed by atoms with Crippen LogP contribution in [0.15, 0.2) is 22.7 Å². The Balaban J connectivity index is 1.97. The van der Waals surface area contributed by atoms with Gasteiger partial charge in [0.05, 0.1) is 12.5 Å². The molecule has 2 rings (SSSR count). The van der Waals surface area contributed by atoms with Crippen LogP contribution >= 0.6 is 15.9 Å². The summed E-state index contributed by atoms with van der Waals surface area (Å²) in [7, 11) is 0. The van der Waals surface area contributed by atoms with E-state index in [0.717, 1.165) is 22.3 Å². The number of carboxylic acids is 1. The molecule has 1 aliphatic rings. The summed E-state index contributed by atoms with van der Waals surface area (Å²) in [4.78, 5) is 13.2. The monoisotopic (exact) mass is 371 g/mol. The number of hydrogen-bond donors (Lipinski definition) is 1. The van der Waals surface area contributed by atoms with Crippen LogP contribution in [-0.4, -0.2) is 48.9 Å². The van der Waals surface area contributed by atoms with Crippen molar-refractivity contribution in [3.8, 4) is 5.75 Å². The fourth-order valence-electron chi connectivity index (χ4n) is 2.59. The van der Waals surface area contributed by atoms with E-state index in [4.69, 9.17) is 14.6 Å². The Bertz CT molecular complexity index is 509. The van der Waals surface area contributed by atoms with E-state index in [1.165, 1.54) is 0 Å². The van der Waals surface area contributed by atoms with E-state index in [1.807, 2.05) is 25.1 Å². The molecule has 22 heavy (non-hydrogen) atoms. The van der Waals surface area contributed by atoms with Gasteiger partial charge >= 0.3 is 5.97 Å². The Kier molecular flexibility index (Phi) is 6.67. The standard InChI is InChI=1S/C16H22BrNO4/c1-2-21-7-8-22-15-4-3-14(17)9-13(15)11-18-6-5-12(10-18)16(19)20/h3-4,9,12H,2,5-8,10-11H2,1H3,(H,19,20). The van der Waals surface area contributed by atoms with Crippen molar-refractivity contribution in [2.24, 2.45) is 5.92 Å². The zero-order valence-corrected chi connectivity index (χ0v) is 14.3. The highest BCUT2D eigenvalue weighted by Gasteiger charge is 2.28. The normalized spacial score (nSPS) is 18.5. The largest absolute Gasteiger partial charge is 0.491 e. The first kappa shape index (κ1) is 17.2. The van der Waals surface area contributed by atoms with Gasteiger partial charge in [-0.1, -0.05) is 15.9 Å². The molecule has 0 bridgehead atoms. The van der Waals surface area contributed by atoms with Crippen molar-refractivity contribution >= 4 is 21.9 Å². The van der Waals surface area contributed by atoms with Gasteiger partial charge in [0, 0.05) is 29.7 Å². The van der Waals surface area contributed by atoms with E-state index in [2.05, 4.69) is 20.8 Å². The molecular weight excluding hydrogens is 350 g/mol. The SMILES string of the molecule is CCOCCOc1ccc(Br)cc1CN1CCC(C(=O)O)C1. The van der Waals surface area contributed by atoms with Crippen LogP contribution in [-0.2, 0) is 16.1 Å². The Morgan fingerprint density at radius 3 is 2.95 bits per heavy atom. The molecular formula is C16H22BrNO4. The molecule has 1 aromatic carbocycles. The lowest BCUT2D eigenvalue weighted by molar-refractivity contribution is -0.141. The molecule has 1 N–H and O–H groups in total. The number of hydrogen-bond acceptors (Lipinski definition) is 4. The second-order valence-electron chi connectivity index (χ2n) is 5.36. The van der Waals surface area contributed by atoms with Crippen molar-refractivity contribution < 1.29 is 19.4 Å². The fraction of sp³-hybridized carbons (Fsp3) is 0.562. The average Bonchev–Trinajstić information content (AvgIpc) is 2.94. The molecule has 1 heterocycles. The molecule has 1 atom stereocenters. The third-order valence-electron chi connectivity index (χ3n) is 3.73. The van der Waals surface area contributed by atoms with Gasteiger partial charge in [-0.3, -0.25) is 9.69 Å². The van der Waals surface area contributed by atoms with Crippen molar-refractivity contribution in [1.29, 1.82) is 0 Å². The van der Waals surface area contributed by atoms with Gasteiger partial charge in [0.25, 0.3) is 0 Å². The summed E-state index contributed by atoms with van der Waals surface area (Å²) < 4.78 is 12.1. The van der Waals surface area contributed by atoms with E-state index in [9.17, 15) is 4.79 Å². The summed E-state index contributed by atoms with van der Waals surface area (Å²) >= 11 is 3.48. The fourth-order valence-corrected chi connectivity index (χ4v) is 2.99. The zero-order valence-electron chi connectivity index (χ0n) is 12.8. The Morgan fingerprint density at radius 2 is 2.27 bits per heavy atom. The Morgan fingerprint density at radius 1 is 1.45 bits per heavy atom. The number of benzene rings is 1. The zero-order chi connectivity index (χ0) is 15.9. The number of carboxylic acid groups (broad SMARTS) is 1. The molecule has 6 heteroatoms. The number of halogens is 1. The van der Waals surface area contributed by atoms with Crippen molar-refractivity contribution in [2.75, 3.05) is 32.9 Å². The van der Waals surface area contributed by atoms with Crippen molar-refractivity contribution in [3.05, 3.63) is 28.2 Å². The first-order valence-corrected chi connectivity index (χ1v) is 8.33. The molecule has 0 spiro atoms. The second-order valence-corrected chi connectivity index (χ2v) is 6.27. The Hall–Kier alpha value is -1.11. The summed E-state index contributed by atoms with van der Waals surface area (Å²) in [6.07, 6.45) is 0.712. The molecule has 0 aliphatic carbocycles. The van der Waals surface area contributed by atoms with Crippen molar-refractivity contribution in [1.82, 2.24) is 4.90 Å². The van der Waals surface area contributed by atoms with Gasteiger partial charge in [-0.15, -0.1) is 0 Å². The topological polar surface area (TPSA) is 59.0 Å². The molecule has 0 saturated carbocycles. The van der Waals surface area contributed by atoms with E-state index < -0.39 is 5.97 Å². The predicted octanol–water partition coefficient (Wildman–Crippen LogP) is 2.77. The summed E-state index contributed by atoms with van der Waals surface area (Å²) in [6, 6.07) is 5.92. The van der Waals surface area contributed by atoms with Crippen LogP contribution in [0.3, 0.4) is 0 Å². The molecule has 5 nitrogen and oxygen atoms in total. The number of aliphatic carboxylic acids is 1. The minimum atomic E-state index is -0.704. The molecule has 1 unspecified atom stereocenters. The smallest absolute Gasteiger partial charge is 0.307 e. The molecule has 1 fully saturated rings. The van der Waals surface area contributed by atoms with E-state index in [-0.39, 0.29) is 5.92 Å². The van der Waals surface area contributed by atoms with Crippen molar-refractivity contribution in [2.45, 2.75) is 19.9 Å². The van der Waals surface area contributed by atoms with Gasteiger partial charge in [0.1, 0.15) is 12.4 Å². The maximum atomic E-state index is 11.1. The summed E-state index contributed by atoms with van der Waals surface area (Å²) in [5, 5.41) is 9.09. The highest BCUT2D eigenvalue weighted by Crippen LogP contribution is 2.27. The number of nitrogens with zero attached hydrogens (tertiary/aromatic N) is 1. The maximum Gasteiger partial charge on any atom is 0.307 e. The van der Waals surface area contributed by atoms with Crippen LogP contribution in [0.2, 0.25) is 0 Å². The third kappa shape index (κ3) is 4.97. The van der Waals surface area contributed by atoms with Gasteiger partial charge in [0.15, 0.2) is 0 Å². The number of rotatable bonds is 8. The predicted molar refractivity (Wildman–Crippen MR) is 87.1 cm³/mol. The number of likely N-dealkylation sites (tertiary alicyclic amines) is 1. The molecule has 0 aromatic heterocycles. The van der Waals surface area contributed by atoms with Crippen LogP contribution in [0.25, 0.3) is 0 Å². The van der Waals surface area contributed by atoms with E-state index in [1.54, 1.807) is 0 Å². The van der Waals surface area contributed by atoms with Gasteiger partial charge < -0.3 is 14.6 Å². The lowest BCUT2D eigenvalue weighted by Crippen LogP contribution is -2.23. The molecule has 122 valence electrons. The highest BCUT2D eigenvalue weighted by atomic mass is 79.9. The second kappa shape index (κ2) is 8.50. The minimum absolute atomic E-state index is 0.255. The lowest BCUT2D eigenvalue weighted by Gasteiger charge is -2.18. The van der Waals surface area contributed by atoms with E-state index in [0.29, 0.717) is 39.3 Å². The van der Waals surface area contributed by atoms with E-state index >= 15 is 0 Å². The molecule has 0 radical (unpaired) electrons. The number of ether oxygens (including phenoxy) is 2. The van der Waals surface area contributed by atoms with Crippen LogP contribution in [0.5, 0.6) is 5.75 Å². The van der Waals surface area contributed by atoms with Gasteiger partial charge in [0.2, 0.25) is 0 Å². The van der Waals surface area contributed by atoms with Gasteiger partial charge in [-0.05, 0) is 38.1 Å². The first-order chi connectivity index (χ1) is 10.6. The van der Waals surface area contributed by atoms with Crippen LogP contribution in [0.1, 0.15) is 18.9 Å². The van der Waals surface area contributed by atoms with Crippen LogP contribution < -0.4 is 4.74 Å². The van der Waals surface area contributed by atoms with Crippen molar-refractivity contribution in [3.63, 3.8) is 0 Å². The first-order valence-electron chi connectivity index (χ1n) is 7.54. The van der Waals surface area contributed by atoms with Gasteiger partial charge in [-0.25, -0.2) is 0 Å². The quantitative estimate of drug-likeness (QED) is 0.712. The minimum Gasteiger partial charge on any atom is -0.491 e. The summed E-state index contributed by atoms with van der Waals surface area (Å²) in [5.41, 5.74) is 1.07. The summed E-state index contributed by atoms with van der Waals surface area (Å²) in [6.45, 7) is 5.82. The number of carbonyl (C=O) groups is 1. The molecule has 0 amide bonds. The lowest BCUT2D eigenvalue weighted by atomic mass is 10.1. The highest BCUT2D eigenvalue weighted by molar-refractivity contribution is 9.10. The maximum absolute atomic E-state index is 11.1. The molecule has 1 aromatic rings. The molecule has 1 saturated heterocycles. The van der Waals surface area contributed by atoms with Gasteiger partial charge in [-0.2, -0.15) is 0 Å².